The quantitative estimate of drug-likeness (QED) is 0.772. The lowest BCUT2D eigenvalue weighted by Gasteiger charge is -2.15. The number of rotatable bonds is 4. The molecule has 0 bridgehead atoms. The Balaban J connectivity index is 1.51. The molecule has 136 valence electrons. The monoisotopic (exact) mass is 359 g/mol. The number of carbonyl (C=O) groups is 2. The van der Waals surface area contributed by atoms with Gasteiger partial charge < -0.3 is 14.8 Å². The minimum atomic E-state index is -0.141. The third kappa shape index (κ3) is 3.49. The van der Waals surface area contributed by atoms with Gasteiger partial charge in [-0.3, -0.25) is 9.59 Å². The van der Waals surface area contributed by atoms with Crippen molar-refractivity contribution in [2.75, 3.05) is 16.8 Å². The van der Waals surface area contributed by atoms with Crippen molar-refractivity contribution in [3.8, 4) is 0 Å². The van der Waals surface area contributed by atoms with Crippen molar-refractivity contribution < 1.29 is 9.59 Å². The number of nitrogens with one attached hydrogen (secondary N) is 1. The molecule has 0 spiro atoms. The van der Waals surface area contributed by atoms with Crippen molar-refractivity contribution in [2.45, 2.75) is 19.9 Å². The number of nitrogens with zero attached hydrogens (tertiary/aromatic N) is 2. The first kappa shape index (κ1) is 17.1. The molecule has 0 unspecified atom stereocenters. The van der Waals surface area contributed by atoms with Crippen molar-refractivity contribution in [2.24, 2.45) is 0 Å². The smallest absolute Gasteiger partial charge is 0.272 e. The number of fused-ring (bicyclic) bond motifs is 1. The second-order valence-corrected chi connectivity index (χ2v) is 6.73. The average Bonchev–Trinajstić information content (AvgIpc) is 3.29. The molecule has 0 atom stereocenters. The summed E-state index contributed by atoms with van der Waals surface area (Å²) in [6, 6.07) is 19.5. The molecule has 2 heterocycles. The topological polar surface area (TPSA) is 54.3 Å². The van der Waals surface area contributed by atoms with Crippen molar-refractivity contribution in [1.29, 1.82) is 0 Å². The highest BCUT2D eigenvalue weighted by molar-refractivity contribution is 6.03. The number of benzene rings is 2. The lowest BCUT2D eigenvalue weighted by molar-refractivity contribution is -0.116. The minimum absolute atomic E-state index is 0.0456. The zero-order valence-electron chi connectivity index (χ0n) is 15.2. The van der Waals surface area contributed by atoms with Gasteiger partial charge in [-0.05, 0) is 47.9 Å². The van der Waals surface area contributed by atoms with Crippen molar-refractivity contribution in [1.82, 2.24) is 4.57 Å². The third-order valence-electron chi connectivity index (χ3n) is 4.87. The lowest BCUT2D eigenvalue weighted by atomic mass is 10.1. The molecule has 0 aliphatic carbocycles. The van der Waals surface area contributed by atoms with E-state index in [1.807, 2.05) is 71.4 Å². The van der Waals surface area contributed by atoms with Gasteiger partial charge in [0.15, 0.2) is 0 Å². The SMILES string of the molecule is CC(=O)N1CCc2cc(NC(=O)c3cccn3Cc3ccccc3)ccc21. The van der Waals surface area contributed by atoms with Gasteiger partial charge in [-0.2, -0.15) is 0 Å². The van der Waals surface area contributed by atoms with Crippen molar-refractivity contribution >= 4 is 23.2 Å². The third-order valence-corrected chi connectivity index (χ3v) is 4.87. The first-order chi connectivity index (χ1) is 13.1. The molecule has 2 aromatic carbocycles. The van der Waals surface area contributed by atoms with Crippen LogP contribution in [0, 0.1) is 0 Å². The van der Waals surface area contributed by atoms with Crippen LogP contribution < -0.4 is 10.2 Å². The van der Waals surface area contributed by atoms with E-state index in [1.54, 1.807) is 11.8 Å². The molecule has 0 saturated heterocycles. The summed E-state index contributed by atoms with van der Waals surface area (Å²) in [4.78, 5) is 26.2. The van der Waals surface area contributed by atoms with E-state index in [0.717, 1.165) is 28.9 Å². The van der Waals surface area contributed by atoms with Crippen LogP contribution in [0.4, 0.5) is 11.4 Å². The normalized spacial score (nSPS) is 12.7. The van der Waals surface area contributed by atoms with Gasteiger partial charge >= 0.3 is 0 Å². The zero-order valence-corrected chi connectivity index (χ0v) is 15.2. The Labute approximate surface area is 158 Å². The molecule has 1 N–H and O–H groups in total. The Morgan fingerprint density at radius 1 is 1.04 bits per heavy atom. The first-order valence-corrected chi connectivity index (χ1v) is 9.03. The van der Waals surface area contributed by atoms with Crippen LogP contribution in [0.25, 0.3) is 0 Å². The number of carbonyl (C=O) groups excluding carboxylic acids is 2. The summed E-state index contributed by atoms with van der Waals surface area (Å²) in [7, 11) is 0. The molecular weight excluding hydrogens is 338 g/mol. The average molecular weight is 359 g/mol. The van der Waals surface area contributed by atoms with Gasteiger partial charge in [0, 0.05) is 37.6 Å². The van der Waals surface area contributed by atoms with Crippen LogP contribution in [0.3, 0.4) is 0 Å². The summed E-state index contributed by atoms with van der Waals surface area (Å²) in [5.41, 5.74) is 4.53. The predicted octanol–water partition coefficient (Wildman–Crippen LogP) is 3.70. The largest absolute Gasteiger partial charge is 0.339 e. The molecule has 1 aliphatic rings. The van der Waals surface area contributed by atoms with E-state index in [2.05, 4.69) is 5.32 Å². The maximum absolute atomic E-state index is 12.8. The molecule has 1 aliphatic heterocycles. The summed E-state index contributed by atoms with van der Waals surface area (Å²) in [5, 5.41) is 2.98. The molecule has 2 amide bonds. The van der Waals surface area contributed by atoms with Gasteiger partial charge in [0.1, 0.15) is 5.69 Å². The van der Waals surface area contributed by atoms with Gasteiger partial charge in [0.05, 0.1) is 0 Å². The number of aromatic nitrogens is 1. The van der Waals surface area contributed by atoms with Crippen LogP contribution in [-0.2, 0) is 17.8 Å². The van der Waals surface area contributed by atoms with E-state index in [0.29, 0.717) is 18.8 Å². The molecule has 0 fully saturated rings. The van der Waals surface area contributed by atoms with Crippen molar-refractivity contribution in [3.63, 3.8) is 0 Å². The van der Waals surface area contributed by atoms with Crippen LogP contribution in [0.1, 0.15) is 28.5 Å². The molecule has 5 heteroatoms. The highest BCUT2D eigenvalue weighted by Gasteiger charge is 2.22. The Morgan fingerprint density at radius 2 is 1.85 bits per heavy atom. The Bertz CT molecular complexity index is 992. The van der Waals surface area contributed by atoms with Crippen LogP contribution in [0.2, 0.25) is 0 Å². The molecule has 1 aromatic heterocycles. The highest BCUT2D eigenvalue weighted by Crippen LogP contribution is 2.30. The van der Waals surface area contributed by atoms with Gasteiger partial charge in [0.25, 0.3) is 5.91 Å². The van der Waals surface area contributed by atoms with Crippen LogP contribution in [0.15, 0.2) is 66.9 Å². The number of anilines is 2. The van der Waals surface area contributed by atoms with E-state index in [1.165, 1.54) is 0 Å². The van der Waals surface area contributed by atoms with E-state index in [9.17, 15) is 9.59 Å². The first-order valence-electron chi connectivity index (χ1n) is 9.03. The zero-order chi connectivity index (χ0) is 18.8. The molecule has 0 radical (unpaired) electrons. The van der Waals surface area contributed by atoms with Crippen LogP contribution in [-0.4, -0.2) is 22.9 Å². The number of hydrogen-bond donors (Lipinski definition) is 1. The second kappa shape index (κ2) is 7.11. The summed E-state index contributed by atoms with van der Waals surface area (Å²) < 4.78 is 1.94. The molecule has 4 rings (SSSR count). The van der Waals surface area contributed by atoms with Crippen molar-refractivity contribution in [3.05, 3.63) is 83.7 Å². The van der Waals surface area contributed by atoms with Gasteiger partial charge in [0.2, 0.25) is 5.91 Å². The van der Waals surface area contributed by atoms with E-state index in [4.69, 9.17) is 0 Å². The Morgan fingerprint density at radius 3 is 2.63 bits per heavy atom. The predicted molar refractivity (Wildman–Crippen MR) is 106 cm³/mol. The summed E-state index contributed by atoms with van der Waals surface area (Å²) in [6.07, 6.45) is 2.72. The maximum Gasteiger partial charge on any atom is 0.272 e. The molecule has 5 nitrogen and oxygen atoms in total. The molecule has 27 heavy (non-hydrogen) atoms. The summed E-state index contributed by atoms with van der Waals surface area (Å²) >= 11 is 0. The van der Waals surface area contributed by atoms with Crippen LogP contribution in [0.5, 0.6) is 0 Å². The minimum Gasteiger partial charge on any atom is -0.339 e. The Hall–Kier alpha value is -3.34. The fourth-order valence-electron chi connectivity index (χ4n) is 3.54. The molecule has 3 aromatic rings. The van der Waals surface area contributed by atoms with Crippen LogP contribution >= 0.6 is 0 Å². The standard InChI is InChI=1S/C22H21N3O2/c1-16(26)25-13-11-18-14-19(9-10-20(18)25)23-22(27)21-8-5-12-24(21)15-17-6-3-2-4-7-17/h2-10,12,14H,11,13,15H2,1H3,(H,23,27). The highest BCUT2D eigenvalue weighted by atomic mass is 16.2. The lowest BCUT2D eigenvalue weighted by Crippen LogP contribution is -2.25. The Kier molecular flexibility index (Phi) is 4.50. The van der Waals surface area contributed by atoms with E-state index < -0.39 is 0 Å². The number of amides is 2. The van der Waals surface area contributed by atoms with E-state index >= 15 is 0 Å². The fourth-order valence-corrected chi connectivity index (χ4v) is 3.54. The van der Waals surface area contributed by atoms with Gasteiger partial charge in [-0.1, -0.05) is 30.3 Å². The maximum atomic E-state index is 12.8. The molecular formula is C22H21N3O2. The molecule has 0 saturated carbocycles. The second-order valence-electron chi connectivity index (χ2n) is 6.73. The van der Waals surface area contributed by atoms with Gasteiger partial charge in [-0.25, -0.2) is 0 Å². The summed E-state index contributed by atoms with van der Waals surface area (Å²) in [5.74, 6) is -0.0958. The summed E-state index contributed by atoms with van der Waals surface area (Å²) in [6.45, 7) is 2.92. The number of hydrogen-bond acceptors (Lipinski definition) is 2. The fraction of sp³-hybridized carbons (Fsp3) is 0.182. The van der Waals surface area contributed by atoms with E-state index in [-0.39, 0.29) is 11.8 Å². The van der Waals surface area contributed by atoms with Gasteiger partial charge in [-0.15, -0.1) is 0 Å².